The average Bonchev–Trinajstić information content (AvgIpc) is 2.40. The van der Waals surface area contributed by atoms with Crippen molar-refractivity contribution in [2.75, 3.05) is 20.2 Å². The van der Waals surface area contributed by atoms with Gasteiger partial charge in [-0.1, -0.05) is 18.2 Å². The molecule has 98 valence electrons. The number of hydrogen-bond acceptors (Lipinski definition) is 2. The van der Waals surface area contributed by atoms with Crippen LogP contribution in [0.25, 0.3) is 6.08 Å². The predicted molar refractivity (Wildman–Crippen MR) is 77.1 cm³/mol. The molecule has 1 aromatic carbocycles. The van der Waals surface area contributed by atoms with Gasteiger partial charge in [0.2, 0.25) is 0 Å². The van der Waals surface area contributed by atoms with E-state index in [0.29, 0.717) is 0 Å². The van der Waals surface area contributed by atoms with Crippen LogP contribution in [0.4, 0.5) is 0 Å². The van der Waals surface area contributed by atoms with Crippen LogP contribution in [0.5, 0.6) is 5.75 Å². The van der Waals surface area contributed by atoms with E-state index < -0.39 is 0 Å². The van der Waals surface area contributed by atoms with Crippen molar-refractivity contribution in [3.05, 3.63) is 34.9 Å². The number of ether oxygens (including phenoxy) is 1. The first-order valence-electron chi connectivity index (χ1n) is 6.75. The van der Waals surface area contributed by atoms with Crippen LogP contribution in [0.3, 0.4) is 0 Å². The maximum absolute atomic E-state index is 5.39. The molecule has 0 bridgehead atoms. The fourth-order valence-electron chi connectivity index (χ4n) is 2.59. The highest BCUT2D eigenvalue weighted by Crippen LogP contribution is 2.26. The zero-order valence-electron chi connectivity index (χ0n) is 11.6. The van der Waals surface area contributed by atoms with Gasteiger partial charge in [0.15, 0.2) is 0 Å². The number of allylic oxidation sites excluding steroid dienone is 1. The Morgan fingerprint density at radius 1 is 1.22 bits per heavy atom. The lowest BCUT2D eigenvalue weighted by Gasteiger charge is -2.19. The number of benzene rings is 1. The molecule has 1 N–H and O–H groups in total. The quantitative estimate of drug-likeness (QED) is 0.882. The molecule has 1 aromatic rings. The van der Waals surface area contributed by atoms with Gasteiger partial charge in [0.25, 0.3) is 0 Å². The summed E-state index contributed by atoms with van der Waals surface area (Å²) < 4.78 is 5.39. The van der Waals surface area contributed by atoms with Crippen molar-refractivity contribution in [1.82, 2.24) is 5.32 Å². The Labute approximate surface area is 110 Å². The molecule has 0 aliphatic carbocycles. The number of hydrogen-bond donors (Lipinski definition) is 1. The molecule has 2 rings (SSSR count). The predicted octanol–water partition coefficient (Wildman–Crippen LogP) is 3.32. The molecule has 0 amide bonds. The van der Waals surface area contributed by atoms with Gasteiger partial charge in [-0.25, -0.2) is 0 Å². The highest BCUT2D eigenvalue weighted by molar-refractivity contribution is 5.61. The Morgan fingerprint density at radius 2 is 1.94 bits per heavy atom. The van der Waals surface area contributed by atoms with E-state index in [0.717, 1.165) is 24.8 Å². The van der Waals surface area contributed by atoms with E-state index in [4.69, 9.17) is 4.74 Å². The summed E-state index contributed by atoms with van der Waals surface area (Å²) in [7, 11) is 1.73. The number of methoxy groups -OCH3 is 1. The molecule has 0 saturated carbocycles. The zero-order chi connectivity index (χ0) is 13.0. The maximum atomic E-state index is 5.39. The Kier molecular flexibility index (Phi) is 4.43. The molecule has 1 aliphatic rings. The summed E-state index contributed by atoms with van der Waals surface area (Å²) in [6.07, 6.45) is 7.15. The monoisotopic (exact) mass is 245 g/mol. The van der Waals surface area contributed by atoms with E-state index in [1.54, 1.807) is 7.11 Å². The van der Waals surface area contributed by atoms with E-state index in [-0.39, 0.29) is 0 Å². The standard InChI is InChI=1S/C16H23NO/c1-12-4-7-16(18-3)13(2)15(12)6-5-14-8-10-17-11-9-14/h4-7,14,17H,8-11H2,1-3H3/b6-5+. The van der Waals surface area contributed by atoms with Gasteiger partial charge in [-0.2, -0.15) is 0 Å². The van der Waals surface area contributed by atoms with Gasteiger partial charge in [0.05, 0.1) is 7.11 Å². The lowest BCUT2D eigenvalue weighted by molar-refractivity contribution is 0.411. The Morgan fingerprint density at radius 3 is 2.61 bits per heavy atom. The van der Waals surface area contributed by atoms with Gasteiger partial charge < -0.3 is 10.1 Å². The maximum Gasteiger partial charge on any atom is 0.122 e. The fraction of sp³-hybridized carbons (Fsp3) is 0.500. The minimum Gasteiger partial charge on any atom is -0.496 e. The molecule has 1 heterocycles. The normalized spacial score (nSPS) is 17.3. The number of aryl methyl sites for hydroxylation is 1. The van der Waals surface area contributed by atoms with E-state index in [9.17, 15) is 0 Å². The lowest BCUT2D eigenvalue weighted by atomic mass is 9.95. The van der Waals surface area contributed by atoms with Crippen molar-refractivity contribution in [3.63, 3.8) is 0 Å². The molecule has 0 radical (unpaired) electrons. The topological polar surface area (TPSA) is 21.3 Å². The number of rotatable bonds is 3. The molecule has 1 saturated heterocycles. The van der Waals surface area contributed by atoms with Crippen molar-refractivity contribution >= 4 is 6.08 Å². The Hall–Kier alpha value is -1.28. The van der Waals surface area contributed by atoms with Gasteiger partial charge in [-0.05, 0) is 68.5 Å². The second-order valence-electron chi connectivity index (χ2n) is 5.07. The van der Waals surface area contributed by atoms with E-state index >= 15 is 0 Å². The second kappa shape index (κ2) is 6.05. The molecule has 18 heavy (non-hydrogen) atoms. The van der Waals surface area contributed by atoms with Crippen molar-refractivity contribution in [1.29, 1.82) is 0 Å². The highest BCUT2D eigenvalue weighted by atomic mass is 16.5. The van der Waals surface area contributed by atoms with Crippen LogP contribution in [0.15, 0.2) is 18.2 Å². The van der Waals surface area contributed by atoms with Crippen LogP contribution < -0.4 is 10.1 Å². The summed E-state index contributed by atoms with van der Waals surface area (Å²) in [4.78, 5) is 0. The largest absolute Gasteiger partial charge is 0.496 e. The van der Waals surface area contributed by atoms with Gasteiger partial charge in [-0.15, -0.1) is 0 Å². The fourth-order valence-corrected chi connectivity index (χ4v) is 2.59. The molecule has 0 atom stereocenters. The number of nitrogens with one attached hydrogen (secondary N) is 1. The van der Waals surface area contributed by atoms with E-state index in [2.05, 4.69) is 37.4 Å². The van der Waals surface area contributed by atoms with Crippen molar-refractivity contribution < 1.29 is 4.74 Å². The summed E-state index contributed by atoms with van der Waals surface area (Å²) >= 11 is 0. The Bertz CT molecular complexity index is 431. The first kappa shape index (κ1) is 13.2. The second-order valence-corrected chi connectivity index (χ2v) is 5.07. The van der Waals surface area contributed by atoms with Crippen molar-refractivity contribution in [2.45, 2.75) is 26.7 Å². The first-order chi connectivity index (χ1) is 8.72. The molecule has 0 unspecified atom stereocenters. The third-order valence-corrected chi connectivity index (χ3v) is 3.82. The van der Waals surface area contributed by atoms with Crippen molar-refractivity contribution in [2.24, 2.45) is 5.92 Å². The summed E-state index contributed by atoms with van der Waals surface area (Å²) in [6.45, 7) is 6.58. The summed E-state index contributed by atoms with van der Waals surface area (Å²) in [5.74, 6) is 1.70. The van der Waals surface area contributed by atoms with Crippen LogP contribution in [-0.4, -0.2) is 20.2 Å². The third kappa shape index (κ3) is 2.94. The molecule has 2 nitrogen and oxygen atoms in total. The minimum absolute atomic E-state index is 0.719. The van der Waals surface area contributed by atoms with Crippen LogP contribution >= 0.6 is 0 Å². The van der Waals surface area contributed by atoms with Gasteiger partial charge >= 0.3 is 0 Å². The summed E-state index contributed by atoms with van der Waals surface area (Å²) in [6, 6.07) is 4.18. The van der Waals surface area contributed by atoms with Gasteiger partial charge in [-0.3, -0.25) is 0 Å². The van der Waals surface area contributed by atoms with E-state index in [1.807, 2.05) is 6.07 Å². The van der Waals surface area contributed by atoms with Crippen molar-refractivity contribution in [3.8, 4) is 5.75 Å². The smallest absolute Gasteiger partial charge is 0.122 e. The summed E-state index contributed by atoms with van der Waals surface area (Å²) in [5, 5.41) is 3.40. The molecular weight excluding hydrogens is 222 g/mol. The minimum atomic E-state index is 0.719. The Balaban J connectivity index is 2.19. The molecule has 1 fully saturated rings. The van der Waals surface area contributed by atoms with Gasteiger partial charge in [0, 0.05) is 0 Å². The van der Waals surface area contributed by atoms with Crippen LogP contribution in [0.1, 0.15) is 29.5 Å². The molecule has 0 spiro atoms. The van der Waals surface area contributed by atoms with Crippen LogP contribution in [0.2, 0.25) is 0 Å². The van der Waals surface area contributed by atoms with Gasteiger partial charge in [0.1, 0.15) is 5.75 Å². The number of piperidine rings is 1. The zero-order valence-corrected chi connectivity index (χ0v) is 11.6. The molecule has 1 aliphatic heterocycles. The lowest BCUT2D eigenvalue weighted by Crippen LogP contribution is -2.26. The molecular formula is C16H23NO. The molecule has 2 heteroatoms. The third-order valence-electron chi connectivity index (χ3n) is 3.82. The molecule has 0 aromatic heterocycles. The van der Waals surface area contributed by atoms with Crippen LogP contribution in [0, 0.1) is 19.8 Å². The first-order valence-corrected chi connectivity index (χ1v) is 6.75. The summed E-state index contributed by atoms with van der Waals surface area (Å²) in [5.41, 5.74) is 3.87. The van der Waals surface area contributed by atoms with Crippen LogP contribution in [-0.2, 0) is 0 Å². The SMILES string of the molecule is COc1ccc(C)c(/C=C/C2CCNCC2)c1C. The highest BCUT2D eigenvalue weighted by Gasteiger charge is 2.10. The van der Waals surface area contributed by atoms with E-state index in [1.165, 1.54) is 29.5 Å². The average molecular weight is 245 g/mol.